The standard InChI is InChI=1S/C18H16ClNS/c1-20-11-14-4-2-3-5-16(14)18(19,12-20)15-7-6-13-8-9-21-17(13)10-15/h2-10H,11-12H2,1H3. The second-order valence-corrected chi connectivity index (χ2v) is 7.40. The number of alkyl halides is 1. The number of rotatable bonds is 1. The molecule has 3 heteroatoms. The molecule has 0 bridgehead atoms. The Balaban J connectivity index is 1.92. The maximum atomic E-state index is 7.16. The van der Waals surface area contributed by atoms with Gasteiger partial charge in [-0.1, -0.05) is 36.4 Å². The molecule has 0 saturated carbocycles. The Bertz CT molecular complexity index is 810. The van der Waals surface area contributed by atoms with Crippen LogP contribution in [0.4, 0.5) is 0 Å². The first-order valence-electron chi connectivity index (χ1n) is 7.10. The average Bonchev–Trinajstić information content (AvgIpc) is 2.94. The quantitative estimate of drug-likeness (QED) is 0.582. The van der Waals surface area contributed by atoms with Crippen molar-refractivity contribution in [1.29, 1.82) is 0 Å². The number of fused-ring (bicyclic) bond motifs is 2. The van der Waals surface area contributed by atoms with Gasteiger partial charge in [-0.15, -0.1) is 22.9 Å². The molecule has 0 radical (unpaired) electrons. The van der Waals surface area contributed by atoms with Crippen molar-refractivity contribution >= 4 is 33.0 Å². The number of halogens is 1. The van der Waals surface area contributed by atoms with Crippen LogP contribution in [0.5, 0.6) is 0 Å². The van der Waals surface area contributed by atoms with Crippen LogP contribution in [0.15, 0.2) is 53.9 Å². The Kier molecular flexibility index (Phi) is 3.07. The lowest BCUT2D eigenvalue weighted by Crippen LogP contribution is -2.41. The van der Waals surface area contributed by atoms with E-state index >= 15 is 0 Å². The van der Waals surface area contributed by atoms with Crippen molar-refractivity contribution in [2.24, 2.45) is 0 Å². The summed E-state index contributed by atoms with van der Waals surface area (Å²) >= 11 is 8.93. The van der Waals surface area contributed by atoms with Crippen molar-refractivity contribution in [3.05, 3.63) is 70.6 Å². The van der Waals surface area contributed by atoms with Crippen LogP contribution >= 0.6 is 22.9 Å². The molecule has 1 aromatic heterocycles. The number of thiophene rings is 1. The summed E-state index contributed by atoms with van der Waals surface area (Å²) < 4.78 is 1.30. The third-order valence-electron chi connectivity index (χ3n) is 4.29. The Hall–Kier alpha value is -1.35. The van der Waals surface area contributed by atoms with Crippen molar-refractivity contribution in [2.75, 3.05) is 13.6 Å². The molecule has 0 aliphatic carbocycles. The first-order chi connectivity index (χ1) is 10.2. The molecule has 4 rings (SSSR count). The van der Waals surface area contributed by atoms with Crippen LogP contribution < -0.4 is 0 Å². The molecule has 2 aromatic carbocycles. The predicted molar refractivity (Wildman–Crippen MR) is 91.2 cm³/mol. The summed E-state index contributed by atoms with van der Waals surface area (Å²) in [6.45, 7) is 1.80. The molecule has 106 valence electrons. The van der Waals surface area contributed by atoms with Gasteiger partial charge in [0.1, 0.15) is 4.87 Å². The molecule has 2 heterocycles. The minimum absolute atomic E-state index is 0.457. The Morgan fingerprint density at radius 3 is 2.90 bits per heavy atom. The van der Waals surface area contributed by atoms with Crippen molar-refractivity contribution in [3.8, 4) is 0 Å². The highest BCUT2D eigenvalue weighted by Gasteiger charge is 2.38. The molecular formula is C18H16ClNS. The van der Waals surface area contributed by atoms with Crippen molar-refractivity contribution < 1.29 is 0 Å². The normalized spacial score (nSPS) is 22.4. The number of likely N-dealkylation sites (N-methyl/N-ethyl adjacent to an activating group) is 1. The summed E-state index contributed by atoms with van der Waals surface area (Å²) in [4.78, 5) is 1.84. The molecule has 0 spiro atoms. The van der Waals surface area contributed by atoms with E-state index in [2.05, 4.69) is 65.9 Å². The van der Waals surface area contributed by atoms with E-state index in [-0.39, 0.29) is 0 Å². The van der Waals surface area contributed by atoms with Gasteiger partial charge in [-0.3, -0.25) is 4.90 Å². The van der Waals surface area contributed by atoms with Crippen LogP contribution in [-0.4, -0.2) is 18.5 Å². The van der Waals surface area contributed by atoms with Gasteiger partial charge in [0.2, 0.25) is 0 Å². The van der Waals surface area contributed by atoms with E-state index in [9.17, 15) is 0 Å². The lowest BCUT2D eigenvalue weighted by atomic mass is 9.84. The van der Waals surface area contributed by atoms with Crippen LogP contribution in [0.3, 0.4) is 0 Å². The van der Waals surface area contributed by atoms with Crippen molar-refractivity contribution in [2.45, 2.75) is 11.4 Å². The summed E-state index contributed by atoms with van der Waals surface area (Å²) in [5.74, 6) is 0. The monoisotopic (exact) mass is 313 g/mol. The van der Waals surface area contributed by atoms with E-state index in [4.69, 9.17) is 11.6 Å². The summed E-state index contributed by atoms with van der Waals surface area (Å²) in [6, 6.07) is 17.3. The minimum Gasteiger partial charge on any atom is -0.300 e. The van der Waals surface area contributed by atoms with Crippen molar-refractivity contribution in [1.82, 2.24) is 4.90 Å². The summed E-state index contributed by atoms with van der Waals surface area (Å²) in [5, 5.41) is 3.43. The first kappa shape index (κ1) is 13.3. The fourth-order valence-electron chi connectivity index (χ4n) is 3.30. The lowest BCUT2D eigenvalue weighted by Gasteiger charge is -2.39. The van der Waals surface area contributed by atoms with Gasteiger partial charge in [-0.2, -0.15) is 0 Å². The Morgan fingerprint density at radius 1 is 1.14 bits per heavy atom. The van der Waals surface area contributed by atoms with Gasteiger partial charge in [-0.05, 0) is 46.6 Å². The fourth-order valence-corrected chi connectivity index (χ4v) is 4.63. The zero-order valence-electron chi connectivity index (χ0n) is 11.8. The number of benzene rings is 2. The molecule has 0 N–H and O–H groups in total. The molecule has 1 aliphatic rings. The highest BCUT2D eigenvalue weighted by molar-refractivity contribution is 7.17. The second kappa shape index (κ2) is 4.84. The number of hydrogen-bond donors (Lipinski definition) is 0. The molecule has 1 nitrogen and oxygen atoms in total. The first-order valence-corrected chi connectivity index (χ1v) is 8.36. The van der Waals surface area contributed by atoms with Crippen LogP contribution in [0.2, 0.25) is 0 Å². The molecule has 1 atom stereocenters. The smallest absolute Gasteiger partial charge is 0.107 e. The molecule has 1 unspecified atom stereocenters. The third-order valence-corrected chi connectivity index (χ3v) is 5.71. The average molecular weight is 314 g/mol. The third kappa shape index (κ3) is 2.10. The zero-order valence-corrected chi connectivity index (χ0v) is 13.4. The topological polar surface area (TPSA) is 3.24 Å². The summed E-state index contributed by atoms with van der Waals surface area (Å²) in [7, 11) is 2.14. The maximum absolute atomic E-state index is 7.16. The summed E-state index contributed by atoms with van der Waals surface area (Å²) in [5.41, 5.74) is 3.77. The molecule has 3 aromatic rings. The Labute approximate surface area is 133 Å². The van der Waals surface area contributed by atoms with Gasteiger partial charge < -0.3 is 0 Å². The minimum atomic E-state index is -0.457. The largest absolute Gasteiger partial charge is 0.300 e. The van der Waals surface area contributed by atoms with Crippen LogP contribution in [-0.2, 0) is 11.4 Å². The van der Waals surface area contributed by atoms with E-state index in [1.54, 1.807) is 11.3 Å². The molecule has 0 saturated heterocycles. The van der Waals surface area contributed by atoms with Crippen LogP contribution in [0, 0.1) is 0 Å². The predicted octanol–water partition coefficient (Wildman–Crippen LogP) is 4.83. The van der Waals surface area contributed by atoms with Crippen LogP contribution in [0.1, 0.15) is 16.7 Å². The molecule has 1 aliphatic heterocycles. The van der Waals surface area contributed by atoms with Crippen molar-refractivity contribution in [3.63, 3.8) is 0 Å². The fraction of sp³-hybridized carbons (Fsp3) is 0.222. The van der Waals surface area contributed by atoms with Gasteiger partial charge in [0.05, 0.1) is 0 Å². The van der Waals surface area contributed by atoms with E-state index in [0.29, 0.717) is 0 Å². The van der Waals surface area contributed by atoms with Gasteiger partial charge in [0.25, 0.3) is 0 Å². The van der Waals surface area contributed by atoms with Gasteiger partial charge in [0.15, 0.2) is 0 Å². The van der Waals surface area contributed by atoms with Gasteiger partial charge in [-0.25, -0.2) is 0 Å². The zero-order chi connectivity index (χ0) is 14.4. The summed E-state index contributed by atoms with van der Waals surface area (Å²) in [6.07, 6.45) is 0. The number of hydrogen-bond acceptors (Lipinski definition) is 2. The lowest BCUT2D eigenvalue weighted by molar-refractivity contribution is 0.279. The van der Waals surface area contributed by atoms with Gasteiger partial charge >= 0.3 is 0 Å². The second-order valence-electron chi connectivity index (χ2n) is 5.80. The van der Waals surface area contributed by atoms with Gasteiger partial charge in [0, 0.05) is 17.8 Å². The highest BCUT2D eigenvalue weighted by Crippen LogP contribution is 2.43. The van der Waals surface area contributed by atoms with E-state index in [1.165, 1.54) is 26.8 Å². The van der Waals surface area contributed by atoms with E-state index in [0.717, 1.165) is 13.1 Å². The Morgan fingerprint density at radius 2 is 2.00 bits per heavy atom. The maximum Gasteiger partial charge on any atom is 0.107 e. The molecular weight excluding hydrogens is 298 g/mol. The number of nitrogens with zero attached hydrogens (tertiary/aromatic N) is 1. The van der Waals surface area contributed by atoms with E-state index in [1.807, 2.05) is 0 Å². The molecule has 0 fully saturated rings. The van der Waals surface area contributed by atoms with Crippen LogP contribution in [0.25, 0.3) is 10.1 Å². The highest BCUT2D eigenvalue weighted by atomic mass is 35.5. The molecule has 21 heavy (non-hydrogen) atoms. The SMILES string of the molecule is CN1Cc2ccccc2C(Cl)(c2ccc3ccsc3c2)C1. The van der Waals surface area contributed by atoms with E-state index < -0.39 is 4.87 Å². The molecule has 0 amide bonds.